The topological polar surface area (TPSA) is 36.5 Å². The largest absolute Gasteiger partial charge is 0.498 e. The lowest BCUT2D eigenvalue weighted by molar-refractivity contribution is 0.00578. The highest BCUT2D eigenvalue weighted by molar-refractivity contribution is 6.65. The molecule has 1 saturated heterocycles. The fraction of sp³-hybridized carbons (Fsp3) is 0.200. The molecular weight excluding hydrogens is 433 g/mol. The lowest BCUT2D eigenvalue weighted by atomic mass is 9.78. The van der Waals surface area contributed by atoms with Crippen LogP contribution in [0, 0.1) is 0 Å². The van der Waals surface area contributed by atoms with Gasteiger partial charge in [-0.1, -0.05) is 60.6 Å². The number of furan rings is 1. The molecule has 4 aromatic carbocycles. The molecule has 0 bridgehead atoms. The molecule has 0 N–H and O–H groups in total. The highest BCUT2D eigenvalue weighted by atomic mass is 16.7. The summed E-state index contributed by atoms with van der Waals surface area (Å²) in [5.41, 5.74) is 3.07. The molecule has 4 nitrogen and oxygen atoms in total. The van der Waals surface area contributed by atoms with Gasteiger partial charge in [0.25, 0.3) is 0 Å². The van der Waals surface area contributed by atoms with Crippen LogP contribution < -0.4 is 5.46 Å². The van der Waals surface area contributed by atoms with Crippen LogP contribution in [0.15, 0.2) is 89.3 Å². The number of hydrogen-bond donors (Lipinski definition) is 0. The summed E-state index contributed by atoms with van der Waals surface area (Å²) in [4.78, 5) is 0. The number of aromatic nitrogens is 1. The van der Waals surface area contributed by atoms with Crippen LogP contribution in [0.1, 0.15) is 33.2 Å². The van der Waals surface area contributed by atoms with Gasteiger partial charge in [0.15, 0.2) is 0 Å². The van der Waals surface area contributed by atoms with E-state index in [0.717, 1.165) is 21.9 Å². The zero-order valence-electron chi connectivity index (χ0n) is 24.0. The van der Waals surface area contributed by atoms with Crippen molar-refractivity contribution < 1.29 is 19.2 Å². The van der Waals surface area contributed by atoms with Gasteiger partial charge in [-0.15, -0.1) is 0 Å². The Balaban J connectivity index is 1.57. The fourth-order valence-electron chi connectivity index (χ4n) is 5.09. The van der Waals surface area contributed by atoms with E-state index in [0.29, 0.717) is 33.0 Å². The summed E-state index contributed by atoms with van der Waals surface area (Å²) < 4.78 is 55.1. The minimum Gasteiger partial charge on any atom is -0.456 e. The normalized spacial score (nSPS) is 18.9. The molecule has 0 amide bonds. The number of benzene rings is 4. The van der Waals surface area contributed by atoms with Crippen LogP contribution >= 0.6 is 0 Å². The van der Waals surface area contributed by atoms with Gasteiger partial charge in [0.05, 0.1) is 38.8 Å². The van der Waals surface area contributed by atoms with Crippen LogP contribution in [0.25, 0.3) is 49.4 Å². The molecule has 0 saturated carbocycles. The zero-order chi connectivity index (χ0) is 27.4. The van der Waals surface area contributed by atoms with E-state index in [2.05, 4.69) is 0 Å². The summed E-state index contributed by atoms with van der Waals surface area (Å²) in [5, 5.41) is 3.06. The molecule has 7 rings (SSSR count). The maximum atomic E-state index is 8.80. The second kappa shape index (κ2) is 7.00. The summed E-state index contributed by atoms with van der Waals surface area (Å²) in [7, 11) is -0.596. The second-order valence-corrected chi connectivity index (χ2v) is 10.1. The van der Waals surface area contributed by atoms with Crippen LogP contribution in [0.5, 0.6) is 0 Å². The molecule has 0 unspecified atom stereocenters. The minimum absolute atomic E-state index is 0.183. The van der Waals surface area contributed by atoms with E-state index in [9.17, 15) is 0 Å². The van der Waals surface area contributed by atoms with Crippen LogP contribution in [0.2, 0.25) is 0 Å². The number of rotatable bonds is 2. The molecule has 1 aliphatic heterocycles. The van der Waals surface area contributed by atoms with Gasteiger partial charge >= 0.3 is 7.12 Å². The summed E-state index contributed by atoms with van der Waals surface area (Å²) in [6, 6.07) is 18.9. The van der Waals surface area contributed by atoms with Gasteiger partial charge in [-0.25, -0.2) is 0 Å². The predicted molar refractivity (Wildman–Crippen MR) is 144 cm³/mol. The lowest BCUT2D eigenvalue weighted by Gasteiger charge is -2.32. The molecule has 2 aromatic heterocycles. The maximum Gasteiger partial charge on any atom is 0.498 e. The smallest absolute Gasteiger partial charge is 0.456 e. The van der Waals surface area contributed by atoms with Crippen molar-refractivity contribution >= 4 is 56.3 Å². The summed E-state index contributed by atoms with van der Waals surface area (Å²) in [6.07, 6.45) is 0. The Bertz CT molecular complexity index is 1910. The Morgan fingerprint density at radius 1 is 0.743 bits per heavy atom. The van der Waals surface area contributed by atoms with Crippen molar-refractivity contribution in [3.05, 3.63) is 84.8 Å². The summed E-state index contributed by atoms with van der Waals surface area (Å²) >= 11 is 0. The Kier molecular flexibility index (Phi) is 3.40. The first-order valence-corrected chi connectivity index (χ1v) is 11.8. The third-order valence-electron chi connectivity index (χ3n) is 7.57. The SMILES string of the molecule is [2H]c1cc([2H])c2c(c1)c1cc([2H])cc([2H])c1n2-c1cccc2oc3c(B4OC(C)(C)C(C)(C)O4)cccc3c12. The molecular formula is C30H26BNO3. The van der Waals surface area contributed by atoms with Crippen molar-refractivity contribution in [1.29, 1.82) is 0 Å². The summed E-state index contributed by atoms with van der Waals surface area (Å²) in [5.74, 6) is 0. The lowest BCUT2D eigenvalue weighted by Crippen LogP contribution is -2.41. The van der Waals surface area contributed by atoms with E-state index in [-0.39, 0.29) is 24.2 Å². The monoisotopic (exact) mass is 463 g/mol. The number of hydrogen-bond acceptors (Lipinski definition) is 3. The van der Waals surface area contributed by atoms with E-state index in [1.807, 2.05) is 68.7 Å². The quantitative estimate of drug-likeness (QED) is 0.260. The molecule has 0 aliphatic carbocycles. The minimum atomic E-state index is -0.596. The third-order valence-corrected chi connectivity index (χ3v) is 7.57. The molecule has 35 heavy (non-hydrogen) atoms. The average Bonchev–Trinajstić information content (AvgIpc) is 3.46. The molecule has 0 radical (unpaired) electrons. The van der Waals surface area contributed by atoms with Crippen LogP contribution in [0.4, 0.5) is 0 Å². The third kappa shape index (κ3) is 2.83. The fourth-order valence-corrected chi connectivity index (χ4v) is 5.09. The Morgan fingerprint density at radius 2 is 1.37 bits per heavy atom. The van der Waals surface area contributed by atoms with Crippen molar-refractivity contribution in [2.24, 2.45) is 0 Å². The Hall–Kier alpha value is -3.54. The molecule has 1 aliphatic rings. The van der Waals surface area contributed by atoms with Gasteiger partial charge in [0.2, 0.25) is 0 Å². The second-order valence-electron chi connectivity index (χ2n) is 10.1. The molecule has 172 valence electrons. The Labute approximate surface area is 209 Å². The van der Waals surface area contributed by atoms with Gasteiger partial charge in [-0.05, 0) is 51.9 Å². The first-order chi connectivity index (χ1) is 18.5. The van der Waals surface area contributed by atoms with Gasteiger partial charge in [-0.3, -0.25) is 0 Å². The number of nitrogens with zero attached hydrogens (tertiary/aromatic N) is 1. The Morgan fingerprint density at radius 3 is 2.03 bits per heavy atom. The van der Waals surface area contributed by atoms with Crippen molar-refractivity contribution in [1.82, 2.24) is 4.57 Å². The average molecular weight is 463 g/mol. The van der Waals surface area contributed by atoms with Gasteiger partial charge < -0.3 is 18.3 Å². The van der Waals surface area contributed by atoms with E-state index in [1.54, 1.807) is 12.1 Å². The standard InChI is InChI=1S/C30H26BNO3/c1-29(2)30(3,4)35-31(34-29)22-14-9-13-21-27-25(17-10-18-26(27)33-28(21)22)32-23-15-7-5-11-19(23)20-12-6-8-16-24(20)32/h5-18H,1-4H3/i5D,6D,15D,16D. The van der Waals surface area contributed by atoms with Crippen molar-refractivity contribution in [3.63, 3.8) is 0 Å². The van der Waals surface area contributed by atoms with Crippen LogP contribution in [0.3, 0.4) is 0 Å². The highest BCUT2D eigenvalue weighted by Crippen LogP contribution is 2.40. The van der Waals surface area contributed by atoms with Crippen LogP contribution in [-0.2, 0) is 9.31 Å². The first-order valence-electron chi connectivity index (χ1n) is 13.8. The highest BCUT2D eigenvalue weighted by Gasteiger charge is 2.52. The van der Waals surface area contributed by atoms with Crippen molar-refractivity contribution in [3.8, 4) is 5.69 Å². The van der Waals surface area contributed by atoms with Gasteiger partial charge in [-0.2, -0.15) is 0 Å². The van der Waals surface area contributed by atoms with Gasteiger partial charge in [0, 0.05) is 21.6 Å². The molecule has 0 spiro atoms. The number of fused-ring (bicyclic) bond motifs is 6. The van der Waals surface area contributed by atoms with E-state index >= 15 is 0 Å². The van der Waals surface area contributed by atoms with Crippen LogP contribution in [-0.4, -0.2) is 22.9 Å². The molecule has 5 heteroatoms. The molecule has 0 atom stereocenters. The molecule has 6 aromatic rings. The van der Waals surface area contributed by atoms with E-state index in [4.69, 9.17) is 19.2 Å². The van der Waals surface area contributed by atoms with Crippen molar-refractivity contribution in [2.45, 2.75) is 38.9 Å². The van der Waals surface area contributed by atoms with Crippen molar-refractivity contribution in [2.75, 3.05) is 0 Å². The molecule has 3 heterocycles. The number of para-hydroxylation sites is 3. The maximum absolute atomic E-state index is 8.80. The molecule has 1 fully saturated rings. The van der Waals surface area contributed by atoms with Gasteiger partial charge in [0.1, 0.15) is 11.2 Å². The summed E-state index contributed by atoms with van der Waals surface area (Å²) in [6.45, 7) is 8.09. The van der Waals surface area contributed by atoms with E-state index in [1.165, 1.54) is 12.1 Å². The first kappa shape index (κ1) is 17.0. The predicted octanol–water partition coefficient (Wildman–Crippen LogP) is 6.98. The zero-order valence-corrected chi connectivity index (χ0v) is 20.0. The van der Waals surface area contributed by atoms with E-state index < -0.39 is 18.3 Å².